The summed E-state index contributed by atoms with van der Waals surface area (Å²) in [4.78, 5) is 4.22. The molecule has 2 aromatic rings. The predicted molar refractivity (Wildman–Crippen MR) is 72.4 cm³/mol. The molecule has 0 radical (unpaired) electrons. The van der Waals surface area contributed by atoms with Crippen molar-refractivity contribution in [3.05, 3.63) is 36.4 Å². The highest BCUT2D eigenvalue weighted by molar-refractivity contribution is 7.89. The minimum Gasteiger partial charge on any atom is -0.439 e. The molecule has 19 heavy (non-hydrogen) atoms. The molecule has 0 aliphatic rings. The molecule has 7 heteroatoms. The lowest BCUT2D eigenvalue weighted by molar-refractivity contribution is 0.520. The minimum atomic E-state index is -3.41. The van der Waals surface area contributed by atoms with E-state index in [2.05, 4.69) is 4.98 Å². The predicted octanol–water partition coefficient (Wildman–Crippen LogP) is 2.33. The maximum absolute atomic E-state index is 11.9. The second kappa shape index (κ2) is 5.32. The van der Waals surface area contributed by atoms with Crippen molar-refractivity contribution < 1.29 is 12.8 Å². The molecule has 0 bridgehead atoms. The van der Waals surface area contributed by atoms with Crippen LogP contribution in [0.5, 0.6) is 0 Å². The van der Waals surface area contributed by atoms with Gasteiger partial charge in [0.05, 0.1) is 17.0 Å². The van der Waals surface area contributed by atoms with Crippen molar-refractivity contribution in [2.24, 2.45) is 0 Å². The number of rotatable bonds is 4. The molecule has 0 unspecified atom stereocenters. The fourth-order valence-corrected chi connectivity index (χ4v) is 2.53. The smallest absolute Gasteiger partial charge is 0.242 e. The molecule has 0 atom stereocenters. The van der Waals surface area contributed by atoms with Gasteiger partial charge in [-0.05, 0) is 24.3 Å². The maximum atomic E-state index is 11.9. The largest absolute Gasteiger partial charge is 0.439 e. The molecule has 0 aliphatic carbocycles. The lowest BCUT2D eigenvalue weighted by Gasteiger charge is -2.11. The van der Waals surface area contributed by atoms with Gasteiger partial charge in [0, 0.05) is 19.7 Å². The first-order chi connectivity index (χ1) is 8.95. The second-order valence-corrected chi connectivity index (χ2v) is 6.48. The molecule has 5 nitrogen and oxygen atoms in total. The Kier molecular flexibility index (Phi) is 3.93. The van der Waals surface area contributed by atoms with Crippen LogP contribution in [0, 0.1) is 0 Å². The number of benzene rings is 1. The van der Waals surface area contributed by atoms with Crippen LogP contribution in [0.1, 0.15) is 5.89 Å². The van der Waals surface area contributed by atoms with Crippen molar-refractivity contribution in [2.75, 3.05) is 14.1 Å². The van der Waals surface area contributed by atoms with Crippen LogP contribution >= 0.6 is 11.6 Å². The maximum Gasteiger partial charge on any atom is 0.242 e. The van der Waals surface area contributed by atoms with Gasteiger partial charge in [0.2, 0.25) is 15.9 Å². The molecule has 0 saturated heterocycles. The van der Waals surface area contributed by atoms with Gasteiger partial charge in [-0.1, -0.05) is 0 Å². The number of halogens is 1. The van der Waals surface area contributed by atoms with E-state index in [1.54, 1.807) is 18.3 Å². The van der Waals surface area contributed by atoms with Gasteiger partial charge in [-0.3, -0.25) is 0 Å². The summed E-state index contributed by atoms with van der Waals surface area (Å²) in [6.45, 7) is 0. The molecule has 0 aliphatic heterocycles. The summed E-state index contributed by atoms with van der Waals surface area (Å²) < 4.78 is 30.4. The fraction of sp³-hybridized carbons (Fsp3) is 0.250. The van der Waals surface area contributed by atoms with Crippen LogP contribution in [0.15, 0.2) is 39.8 Å². The molecule has 0 N–H and O–H groups in total. The number of nitrogens with zero attached hydrogens (tertiary/aromatic N) is 2. The zero-order valence-corrected chi connectivity index (χ0v) is 12.1. The Morgan fingerprint density at radius 1 is 1.26 bits per heavy atom. The van der Waals surface area contributed by atoms with Crippen LogP contribution in [-0.2, 0) is 15.9 Å². The van der Waals surface area contributed by atoms with Crippen LogP contribution in [0.4, 0.5) is 0 Å². The normalized spacial score (nSPS) is 12.0. The summed E-state index contributed by atoms with van der Waals surface area (Å²) in [5, 5.41) is 0. The molecule has 0 saturated carbocycles. The quantitative estimate of drug-likeness (QED) is 0.813. The Balaban J connectivity index is 2.33. The van der Waals surface area contributed by atoms with Crippen LogP contribution in [-0.4, -0.2) is 31.8 Å². The van der Waals surface area contributed by atoms with Crippen molar-refractivity contribution in [1.82, 2.24) is 9.29 Å². The molecular formula is C12H13ClN2O3S. The third-order valence-electron chi connectivity index (χ3n) is 2.59. The Labute approximate surface area is 116 Å². The number of sulfonamides is 1. The van der Waals surface area contributed by atoms with Crippen molar-refractivity contribution >= 4 is 21.6 Å². The summed E-state index contributed by atoms with van der Waals surface area (Å²) in [5.41, 5.74) is 0.751. The Bertz CT molecular complexity index is 663. The van der Waals surface area contributed by atoms with E-state index in [1.807, 2.05) is 0 Å². The second-order valence-electron chi connectivity index (χ2n) is 4.06. The van der Waals surface area contributed by atoms with Crippen LogP contribution in [0.3, 0.4) is 0 Å². The van der Waals surface area contributed by atoms with Gasteiger partial charge in [-0.25, -0.2) is 17.7 Å². The average Bonchev–Trinajstić information content (AvgIpc) is 2.87. The summed E-state index contributed by atoms with van der Waals surface area (Å²) in [6, 6.07) is 6.42. The van der Waals surface area contributed by atoms with Crippen molar-refractivity contribution in [1.29, 1.82) is 0 Å². The van der Waals surface area contributed by atoms with Gasteiger partial charge < -0.3 is 4.42 Å². The average molecular weight is 301 g/mol. The standard InChI is InChI=1S/C12H13ClN2O3S/c1-15(2)19(16,17)10-5-3-9(4-6-10)11-8-14-12(7-13)18-11/h3-6,8H,7H2,1-2H3. The Hall–Kier alpha value is -1.37. The monoisotopic (exact) mass is 300 g/mol. The zero-order chi connectivity index (χ0) is 14.0. The molecule has 1 aromatic carbocycles. The van der Waals surface area contributed by atoms with Crippen LogP contribution in [0.25, 0.3) is 11.3 Å². The number of hydrogen-bond donors (Lipinski definition) is 0. The summed E-state index contributed by atoms with van der Waals surface area (Å²) in [6.07, 6.45) is 1.56. The van der Waals surface area contributed by atoms with E-state index in [9.17, 15) is 8.42 Å². The third kappa shape index (κ3) is 2.80. The lowest BCUT2D eigenvalue weighted by atomic mass is 10.2. The lowest BCUT2D eigenvalue weighted by Crippen LogP contribution is -2.22. The highest BCUT2D eigenvalue weighted by Crippen LogP contribution is 2.23. The third-order valence-corrected chi connectivity index (χ3v) is 4.64. The summed E-state index contributed by atoms with van der Waals surface area (Å²) in [5.74, 6) is 1.19. The van der Waals surface area contributed by atoms with E-state index >= 15 is 0 Å². The zero-order valence-electron chi connectivity index (χ0n) is 10.5. The number of aromatic nitrogens is 1. The van der Waals surface area contributed by atoms with Gasteiger partial charge in [-0.15, -0.1) is 11.6 Å². The van der Waals surface area contributed by atoms with Crippen LogP contribution < -0.4 is 0 Å². The number of hydrogen-bond acceptors (Lipinski definition) is 4. The Morgan fingerprint density at radius 2 is 1.89 bits per heavy atom. The van der Waals surface area contributed by atoms with E-state index in [1.165, 1.54) is 30.5 Å². The Morgan fingerprint density at radius 3 is 2.37 bits per heavy atom. The molecule has 0 spiro atoms. The molecule has 102 valence electrons. The molecule has 1 heterocycles. The highest BCUT2D eigenvalue weighted by Gasteiger charge is 2.17. The molecule has 0 amide bonds. The van der Waals surface area contributed by atoms with Gasteiger partial charge in [0.15, 0.2) is 5.76 Å². The number of oxazole rings is 1. The highest BCUT2D eigenvalue weighted by atomic mass is 35.5. The van der Waals surface area contributed by atoms with Crippen molar-refractivity contribution in [3.63, 3.8) is 0 Å². The topological polar surface area (TPSA) is 63.4 Å². The van der Waals surface area contributed by atoms with E-state index in [-0.39, 0.29) is 10.8 Å². The first kappa shape index (κ1) is 14.0. The van der Waals surface area contributed by atoms with E-state index in [0.717, 1.165) is 5.56 Å². The minimum absolute atomic E-state index is 0.201. The molecule has 1 aromatic heterocycles. The summed E-state index contributed by atoms with van der Waals surface area (Å²) in [7, 11) is -0.424. The van der Waals surface area contributed by atoms with E-state index in [4.69, 9.17) is 16.0 Å². The molecule has 0 fully saturated rings. The van der Waals surface area contributed by atoms with Gasteiger partial charge in [0.1, 0.15) is 0 Å². The summed E-state index contributed by atoms with van der Waals surface area (Å²) >= 11 is 5.61. The van der Waals surface area contributed by atoms with Gasteiger partial charge >= 0.3 is 0 Å². The van der Waals surface area contributed by atoms with Gasteiger partial charge in [0.25, 0.3) is 0 Å². The number of alkyl halides is 1. The molecular weight excluding hydrogens is 288 g/mol. The first-order valence-corrected chi connectivity index (χ1v) is 7.46. The first-order valence-electron chi connectivity index (χ1n) is 5.49. The van der Waals surface area contributed by atoms with Crippen LogP contribution in [0.2, 0.25) is 0 Å². The SMILES string of the molecule is CN(C)S(=O)(=O)c1ccc(-c2cnc(CCl)o2)cc1. The van der Waals surface area contributed by atoms with Crippen molar-refractivity contribution in [3.8, 4) is 11.3 Å². The fourth-order valence-electron chi connectivity index (χ4n) is 1.51. The molecule has 2 rings (SSSR count). The van der Waals surface area contributed by atoms with E-state index in [0.29, 0.717) is 11.7 Å². The van der Waals surface area contributed by atoms with Gasteiger partial charge in [-0.2, -0.15) is 0 Å². The van der Waals surface area contributed by atoms with Crippen molar-refractivity contribution in [2.45, 2.75) is 10.8 Å². The van der Waals surface area contributed by atoms with E-state index < -0.39 is 10.0 Å².